The molecule has 0 saturated carbocycles. The fraction of sp³-hybridized carbons (Fsp3) is 0.333. The first kappa shape index (κ1) is 16.0. The highest BCUT2D eigenvalue weighted by atomic mass is 28.2. The highest BCUT2D eigenvalue weighted by molar-refractivity contribution is 6.32. The summed E-state index contributed by atoms with van der Waals surface area (Å²) in [6.07, 6.45) is 0. The zero-order valence-corrected chi connectivity index (χ0v) is 14.4. The van der Waals surface area contributed by atoms with E-state index in [1.807, 2.05) is 0 Å². The van der Waals surface area contributed by atoms with Gasteiger partial charge in [0.1, 0.15) is 0 Å². The van der Waals surface area contributed by atoms with E-state index in [-0.39, 0.29) is 5.04 Å². The first-order chi connectivity index (χ1) is 10.1. The molecular weight excluding hydrogens is 274 g/mol. The lowest BCUT2D eigenvalue weighted by molar-refractivity contribution is 0.322. The van der Waals surface area contributed by atoms with E-state index < -0.39 is 9.76 Å². The maximum Gasteiger partial charge on any atom is 0.168 e. The number of hydrogen-bond donors (Lipinski definition) is 1. The molecule has 0 radical (unpaired) electrons. The molecule has 0 spiro atoms. The van der Waals surface area contributed by atoms with E-state index in [0.717, 1.165) is 0 Å². The normalized spacial score (nSPS) is 12.4. The zero-order chi connectivity index (χ0) is 15.1. The van der Waals surface area contributed by atoms with Crippen molar-refractivity contribution in [2.75, 3.05) is 13.2 Å². The molecular formula is C18H25NOSi. The van der Waals surface area contributed by atoms with Crippen LogP contribution >= 0.6 is 0 Å². The molecule has 0 amide bonds. The molecule has 0 atom stereocenters. The second kappa shape index (κ2) is 7.55. The van der Waals surface area contributed by atoms with Crippen LogP contribution in [-0.2, 0) is 4.43 Å². The second-order valence-corrected chi connectivity index (χ2v) is 8.60. The van der Waals surface area contributed by atoms with Crippen LogP contribution in [0.4, 0.5) is 0 Å². The average Bonchev–Trinajstić information content (AvgIpc) is 2.49. The second-order valence-electron chi connectivity index (χ2n) is 6.08. The van der Waals surface area contributed by atoms with Gasteiger partial charge in [0.15, 0.2) is 9.76 Å². The smallest absolute Gasteiger partial charge is 0.168 e. The van der Waals surface area contributed by atoms with Gasteiger partial charge in [-0.1, -0.05) is 74.5 Å². The van der Waals surface area contributed by atoms with E-state index in [0.29, 0.717) is 19.1 Å². The Labute approximate surface area is 130 Å². The molecule has 0 heterocycles. The molecule has 0 fully saturated rings. The largest absolute Gasteiger partial charge is 0.422 e. The standard InChI is InChI=1S/C18H25NOSi/c1-18(2,21-20-14-13-19)17(15-9-5-3-6-10-15)16-11-7-4-8-12-16/h3-12,17H,13-14,19,21H2,1-2H3. The molecule has 21 heavy (non-hydrogen) atoms. The van der Waals surface area contributed by atoms with Gasteiger partial charge in [-0.2, -0.15) is 0 Å². The summed E-state index contributed by atoms with van der Waals surface area (Å²) in [6, 6.07) is 21.5. The molecule has 0 aliphatic heterocycles. The first-order valence-electron chi connectivity index (χ1n) is 7.53. The van der Waals surface area contributed by atoms with Gasteiger partial charge < -0.3 is 10.2 Å². The van der Waals surface area contributed by atoms with Crippen LogP contribution in [-0.4, -0.2) is 22.9 Å². The van der Waals surface area contributed by atoms with Gasteiger partial charge >= 0.3 is 0 Å². The van der Waals surface area contributed by atoms with Gasteiger partial charge in [-0.25, -0.2) is 0 Å². The third-order valence-electron chi connectivity index (χ3n) is 3.78. The van der Waals surface area contributed by atoms with Crippen LogP contribution in [0.25, 0.3) is 0 Å². The molecule has 0 bridgehead atoms. The van der Waals surface area contributed by atoms with Crippen LogP contribution in [0.1, 0.15) is 30.9 Å². The molecule has 112 valence electrons. The molecule has 2 nitrogen and oxygen atoms in total. The van der Waals surface area contributed by atoms with Crippen LogP contribution < -0.4 is 5.73 Å². The van der Waals surface area contributed by atoms with Crippen LogP contribution in [0.3, 0.4) is 0 Å². The molecule has 0 aliphatic carbocycles. The third-order valence-corrected chi connectivity index (χ3v) is 5.43. The maximum absolute atomic E-state index is 5.89. The van der Waals surface area contributed by atoms with Gasteiger partial charge in [-0.3, -0.25) is 0 Å². The van der Waals surface area contributed by atoms with E-state index >= 15 is 0 Å². The van der Waals surface area contributed by atoms with Gasteiger partial charge in [0, 0.05) is 19.1 Å². The molecule has 0 unspecified atom stereocenters. The highest BCUT2D eigenvalue weighted by Crippen LogP contribution is 2.45. The summed E-state index contributed by atoms with van der Waals surface area (Å²) < 4.78 is 5.89. The van der Waals surface area contributed by atoms with Gasteiger partial charge in [-0.05, 0) is 16.2 Å². The summed E-state index contributed by atoms with van der Waals surface area (Å²) in [5, 5.41) is 0.137. The minimum absolute atomic E-state index is 0.137. The van der Waals surface area contributed by atoms with Gasteiger partial charge in [0.2, 0.25) is 0 Å². The van der Waals surface area contributed by atoms with Crippen molar-refractivity contribution >= 4 is 9.76 Å². The first-order valence-corrected chi connectivity index (χ1v) is 8.81. The Morgan fingerprint density at radius 3 is 1.86 bits per heavy atom. The molecule has 0 aromatic heterocycles. The number of hydrogen-bond acceptors (Lipinski definition) is 2. The Bertz CT molecular complexity index is 488. The van der Waals surface area contributed by atoms with Crippen LogP contribution in [0, 0.1) is 0 Å². The molecule has 2 rings (SSSR count). The topological polar surface area (TPSA) is 35.2 Å². The molecule has 0 aliphatic rings. The van der Waals surface area contributed by atoms with Crippen LogP contribution in [0.15, 0.2) is 60.7 Å². The molecule has 3 heteroatoms. The van der Waals surface area contributed by atoms with Gasteiger partial charge in [-0.15, -0.1) is 0 Å². The summed E-state index contributed by atoms with van der Waals surface area (Å²) >= 11 is 0. The zero-order valence-electron chi connectivity index (χ0n) is 13.0. The summed E-state index contributed by atoms with van der Waals surface area (Å²) in [4.78, 5) is 0. The van der Waals surface area contributed by atoms with Crippen molar-refractivity contribution in [3.63, 3.8) is 0 Å². The minimum atomic E-state index is -0.687. The Balaban J connectivity index is 2.32. The Hall–Kier alpha value is -1.42. The quantitative estimate of drug-likeness (QED) is 0.630. The predicted octanol–water partition coefficient (Wildman–Crippen LogP) is 3.08. The van der Waals surface area contributed by atoms with E-state index in [1.165, 1.54) is 11.1 Å². The summed E-state index contributed by atoms with van der Waals surface area (Å²) in [7, 11) is -0.687. The van der Waals surface area contributed by atoms with Crippen molar-refractivity contribution in [3.05, 3.63) is 71.8 Å². The van der Waals surface area contributed by atoms with Crippen molar-refractivity contribution in [1.29, 1.82) is 0 Å². The Morgan fingerprint density at radius 1 is 0.952 bits per heavy atom. The summed E-state index contributed by atoms with van der Waals surface area (Å²) in [6.45, 7) is 5.91. The van der Waals surface area contributed by atoms with Crippen molar-refractivity contribution in [2.45, 2.75) is 24.8 Å². The van der Waals surface area contributed by atoms with Crippen LogP contribution in [0.2, 0.25) is 5.04 Å². The van der Waals surface area contributed by atoms with Crippen LogP contribution in [0.5, 0.6) is 0 Å². The minimum Gasteiger partial charge on any atom is -0.422 e. The van der Waals surface area contributed by atoms with E-state index in [2.05, 4.69) is 74.5 Å². The summed E-state index contributed by atoms with van der Waals surface area (Å²) in [5.74, 6) is 0.365. The van der Waals surface area contributed by atoms with E-state index in [4.69, 9.17) is 10.2 Å². The Kier molecular flexibility index (Phi) is 5.73. The van der Waals surface area contributed by atoms with Gasteiger partial charge in [0.25, 0.3) is 0 Å². The third kappa shape index (κ3) is 4.27. The Morgan fingerprint density at radius 2 is 1.43 bits per heavy atom. The lowest BCUT2D eigenvalue weighted by Gasteiger charge is -2.34. The van der Waals surface area contributed by atoms with E-state index in [9.17, 15) is 0 Å². The van der Waals surface area contributed by atoms with Gasteiger partial charge in [0.05, 0.1) is 0 Å². The van der Waals surface area contributed by atoms with Crippen molar-refractivity contribution in [1.82, 2.24) is 0 Å². The fourth-order valence-corrected chi connectivity index (χ4v) is 4.36. The SMILES string of the molecule is CC(C)([SiH2]OCCN)C(c1ccccc1)c1ccccc1. The number of rotatable bonds is 7. The molecule has 2 aromatic carbocycles. The lowest BCUT2D eigenvalue weighted by atomic mass is 9.82. The molecule has 2 N–H and O–H groups in total. The summed E-state index contributed by atoms with van der Waals surface area (Å²) in [5.41, 5.74) is 8.27. The number of benzene rings is 2. The van der Waals surface area contributed by atoms with Crippen molar-refractivity contribution in [3.8, 4) is 0 Å². The monoisotopic (exact) mass is 299 g/mol. The fourth-order valence-electron chi connectivity index (χ4n) is 2.89. The number of nitrogens with two attached hydrogens (primary N) is 1. The van der Waals surface area contributed by atoms with E-state index in [1.54, 1.807) is 0 Å². The molecule has 0 saturated heterocycles. The predicted molar refractivity (Wildman–Crippen MR) is 92.3 cm³/mol. The maximum atomic E-state index is 5.89. The van der Waals surface area contributed by atoms with Crippen molar-refractivity contribution < 1.29 is 4.43 Å². The molecule has 2 aromatic rings. The van der Waals surface area contributed by atoms with Crippen molar-refractivity contribution in [2.24, 2.45) is 5.73 Å². The average molecular weight is 299 g/mol. The highest BCUT2D eigenvalue weighted by Gasteiger charge is 2.32. The lowest BCUT2D eigenvalue weighted by Crippen LogP contribution is -2.26.